The molecule has 1 aromatic carbocycles. The number of piperidine rings is 1. The molecule has 6 fully saturated rings. The summed E-state index contributed by atoms with van der Waals surface area (Å²) in [5, 5.41) is 3.33. The number of nitrogens with zero attached hydrogens (tertiary/aromatic N) is 4. The van der Waals surface area contributed by atoms with E-state index in [1.807, 2.05) is 24.5 Å². The molecule has 2 saturated heterocycles. The van der Waals surface area contributed by atoms with E-state index in [-0.39, 0.29) is 11.8 Å². The molecule has 43 heavy (non-hydrogen) atoms. The summed E-state index contributed by atoms with van der Waals surface area (Å²) in [4.78, 5) is 37.7. The van der Waals surface area contributed by atoms with Crippen molar-refractivity contribution < 1.29 is 9.59 Å². The number of carbonyl (C=O) groups excluding carboxylic acids is 2. The molecular formula is C36H49N5O2. The van der Waals surface area contributed by atoms with Gasteiger partial charge in [0.1, 0.15) is 0 Å². The van der Waals surface area contributed by atoms with Gasteiger partial charge < -0.3 is 10.2 Å². The fraction of sp³-hybridized carbons (Fsp3) is 0.639. The van der Waals surface area contributed by atoms with E-state index < -0.39 is 0 Å². The van der Waals surface area contributed by atoms with Crippen LogP contribution in [0.25, 0.3) is 0 Å². The summed E-state index contributed by atoms with van der Waals surface area (Å²) in [5.74, 6) is 3.24. The molecule has 7 nitrogen and oxygen atoms in total. The Morgan fingerprint density at radius 3 is 2.14 bits per heavy atom. The molecule has 7 heteroatoms. The number of likely N-dealkylation sites (tertiary alicyclic amines) is 1. The number of hydrogen-bond acceptors (Lipinski definition) is 5. The van der Waals surface area contributed by atoms with E-state index in [1.54, 1.807) is 0 Å². The van der Waals surface area contributed by atoms with Crippen molar-refractivity contribution in [3.05, 3.63) is 65.5 Å². The van der Waals surface area contributed by atoms with Gasteiger partial charge in [-0.15, -0.1) is 0 Å². The first-order valence-electron chi connectivity index (χ1n) is 17.0. The van der Waals surface area contributed by atoms with Crippen molar-refractivity contribution in [3.8, 4) is 0 Å². The van der Waals surface area contributed by atoms with Gasteiger partial charge in [0.25, 0.3) is 5.91 Å². The topological polar surface area (TPSA) is 68.8 Å². The highest BCUT2D eigenvalue weighted by Gasteiger charge is 2.50. The van der Waals surface area contributed by atoms with Crippen molar-refractivity contribution in [1.82, 2.24) is 25.0 Å². The molecule has 6 aliphatic rings. The molecule has 0 spiro atoms. The minimum atomic E-state index is 0.0771. The number of pyridine rings is 1. The maximum Gasteiger partial charge on any atom is 0.251 e. The largest absolute Gasteiger partial charge is 0.351 e. The summed E-state index contributed by atoms with van der Waals surface area (Å²) in [6.45, 7) is 8.05. The van der Waals surface area contributed by atoms with E-state index in [9.17, 15) is 9.59 Å². The maximum absolute atomic E-state index is 13.5. The van der Waals surface area contributed by atoms with Crippen LogP contribution in [0.5, 0.6) is 0 Å². The Balaban J connectivity index is 0.871. The van der Waals surface area contributed by atoms with Gasteiger partial charge in [-0.25, -0.2) is 0 Å². The molecule has 4 aliphatic carbocycles. The molecule has 3 heterocycles. The zero-order valence-corrected chi connectivity index (χ0v) is 25.8. The smallest absolute Gasteiger partial charge is 0.251 e. The van der Waals surface area contributed by atoms with Gasteiger partial charge in [0.2, 0.25) is 5.91 Å². The number of carbonyl (C=O) groups is 2. The van der Waals surface area contributed by atoms with Crippen LogP contribution < -0.4 is 5.32 Å². The van der Waals surface area contributed by atoms with Crippen molar-refractivity contribution in [3.63, 3.8) is 0 Å². The Kier molecular flexibility index (Phi) is 8.55. The van der Waals surface area contributed by atoms with Gasteiger partial charge in [-0.05, 0) is 123 Å². The van der Waals surface area contributed by atoms with Crippen LogP contribution in [0, 0.1) is 29.1 Å². The Labute approximate surface area is 257 Å². The monoisotopic (exact) mass is 583 g/mol. The third kappa shape index (κ3) is 6.83. The number of aromatic nitrogens is 1. The van der Waals surface area contributed by atoms with Crippen LogP contribution in [0.15, 0.2) is 48.8 Å². The minimum Gasteiger partial charge on any atom is -0.351 e. The predicted molar refractivity (Wildman–Crippen MR) is 168 cm³/mol. The summed E-state index contributed by atoms with van der Waals surface area (Å²) in [7, 11) is 0. The first kappa shape index (κ1) is 29.0. The van der Waals surface area contributed by atoms with Crippen LogP contribution >= 0.6 is 0 Å². The molecule has 230 valence electrons. The third-order valence-corrected chi connectivity index (χ3v) is 11.3. The van der Waals surface area contributed by atoms with Crippen LogP contribution in [0.4, 0.5) is 0 Å². The molecule has 8 rings (SSSR count). The van der Waals surface area contributed by atoms with E-state index in [1.165, 1.54) is 49.7 Å². The average Bonchev–Trinajstić information content (AvgIpc) is 3.25. The van der Waals surface area contributed by atoms with E-state index in [4.69, 9.17) is 0 Å². The van der Waals surface area contributed by atoms with Gasteiger partial charge >= 0.3 is 0 Å². The summed E-state index contributed by atoms with van der Waals surface area (Å²) in [5.41, 5.74) is 3.63. The fourth-order valence-corrected chi connectivity index (χ4v) is 9.65. The molecule has 4 bridgehead atoms. The number of benzene rings is 1. The highest BCUT2D eigenvalue weighted by atomic mass is 16.2. The lowest BCUT2D eigenvalue weighted by molar-refractivity contribution is -0.137. The van der Waals surface area contributed by atoms with Crippen molar-refractivity contribution >= 4 is 11.8 Å². The standard InChI is InChI=1S/C36H49N5O2/c42-34(38-26-36-20-29-17-30(21-36)19-31(18-29)22-36)32-6-4-27(5-7-32)23-39-13-2-14-41(16-15-39)35(43)33-3-1-12-40(25-33)24-28-8-10-37-11-9-28/h4-11,29-31,33H,1-3,12-26H2,(H,38,42). The van der Waals surface area contributed by atoms with Crippen LogP contribution in [0.1, 0.15) is 79.3 Å². The summed E-state index contributed by atoms with van der Waals surface area (Å²) in [6, 6.07) is 12.4. The molecule has 2 amide bonds. The predicted octanol–water partition coefficient (Wildman–Crippen LogP) is 4.97. The van der Waals surface area contributed by atoms with Crippen LogP contribution in [0.3, 0.4) is 0 Å². The molecule has 1 unspecified atom stereocenters. The summed E-state index contributed by atoms with van der Waals surface area (Å²) >= 11 is 0. The van der Waals surface area contributed by atoms with Gasteiger partial charge in [-0.1, -0.05) is 12.1 Å². The zero-order chi connectivity index (χ0) is 29.2. The lowest BCUT2D eigenvalue weighted by Crippen LogP contribution is -2.51. The summed E-state index contributed by atoms with van der Waals surface area (Å²) < 4.78 is 0. The van der Waals surface area contributed by atoms with Crippen molar-refractivity contribution in [1.29, 1.82) is 0 Å². The van der Waals surface area contributed by atoms with E-state index in [0.717, 1.165) is 101 Å². The molecule has 4 saturated carbocycles. The van der Waals surface area contributed by atoms with Gasteiger partial charge in [-0.3, -0.25) is 24.4 Å². The van der Waals surface area contributed by atoms with Crippen molar-refractivity contribution in [2.75, 3.05) is 45.8 Å². The van der Waals surface area contributed by atoms with Gasteiger partial charge in [-0.2, -0.15) is 0 Å². The van der Waals surface area contributed by atoms with Crippen molar-refractivity contribution in [2.45, 2.75) is 70.9 Å². The van der Waals surface area contributed by atoms with E-state index in [0.29, 0.717) is 11.3 Å². The van der Waals surface area contributed by atoms with E-state index in [2.05, 4.69) is 49.3 Å². The molecule has 2 aromatic rings. The SMILES string of the molecule is O=C(NCC12CC3CC(CC(C3)C1)C2)c1ccc(CN2CCCN(C(=O)C3CCCN(Cc4ccncc4)C3)CC2)cc1. The average molecular weight is 584 g/mol. The summed E-state index contributed by atoms with van der Waals surface area (Å²) in [6.07, 6.45) is 15.1. The molecular weight excluding hydrogens is 534 g/mol. The second-order valence-electron chi connectivity index (χ2n) is 14.7. The van der Waals surface area contributed by atoms with E-state index >= 15 is 0 Å². The molecule has 1 atom stereocenters. The van der Waals surface area contributed by atoms with Gasteiger partial charge in [0.15, 0.2) is 0 Å². The van der Waals surface area contributed by atoms with Crippen molar-refractivity contribution in [2.24, 2.45) is 29.1 Å². The Morgan fingerprint density at radius 1 is 0.767 bits per heavy atom. The first-order valence-corrected chi connectivity index (χ1v) is 17.0. The number of amides is 2. The zero-order valence-electron chi connectivity index (χ0n) is 25.8. The normalized spacial score (nSPS) is 31.1. The molecule has 1 N–H and O–H groups in total. The van der Waals surface area contributed by atoms with Crippen LogP contribution in [0.2, 0.25) is 0 Å². The molecule has 0 radical (unpaired) electrons. The second-order valence-corrected chi connectivity index (χ2v) is 14.7. The highest BCUT2D eigenvalue weighted by molar-refractivity contribution is 5.94. The molecule has 1 aromatic heterocycles. The highest BCUT2D eigenvalue weighted by Crippen LogP contribution is 2.59. The van der Waals surface area contributed by atoms with Gasteiger partial charge in [0.05, 0.1) is 5.92 Å². The number of rotatable bonds is 8. The number of nitrogens with one attached hydrogen (secondary N) is 1. The Hall–Kier alpha value is -2.77. The minimum absolute atomic E-state index is 0.0771. The number of hydrogen-bond donors (Lipinski definition) is 1. The Bertz CT molecular complexity index is 1230. The van der Waals surface area contributed by atoms with Crippen LogP contribution in [-0.4, -0.2) is 77.3 Å². The lowest BCUT2D eigenvalue weighted by Gasteiger charge is -2.56. The fourth-order valence-electron chi connectivity index (χ4n) is 9.65. The molecule has 2 aliphatic heterocycles. The van der Waals surface area contributed by atoms with Gasteiger partial charge in [0, 0.05) is 70.3 Å². The maximum atomic E-state index is 13.5. The Morgan fingerprint density at radius 2 is 1.42 bits per heavy atom. The van der Waals surface area contributed by atoms with Crippen LogP contribution in [-0.2, 0) is 17.9 Å². The quantitative estimate of drug-likeness (QED) is 0.475. The third-order valence-electron chi connectivity index (χ3n) is 11.3. The first-order chi connectivity index (χ1) is 21.0. The lowest BCUT2D eigenvalue weighted by atomic mass is 9.49. The second kappa shape index (κ2) is 12.7.